The second-order valence-corrected chi connectivity index (χ2v) is 4.64. The van der Waals surface area contributed by atoms with Crippen LogP contribution in [0.25, 0.3) is 0 Å². The number of aryl methyl sites for hydroxylation is 1. The molecule has 0 saturated carbocycles. The number of likely N-dealkylation sites (tertiary alicyclic amines) is 1. The van der Waals surface area contributed by atoms with E-state index in [9.17, 15) is 4.79 Å². The van der Waals surface area contributed by atoms with Crippen molar-refractivity contribution in [1.29, 1.82) is 0 Å². The first-order valence-electron chi connectivity index (χ1n) is 6.53. The highest BCUT2D eigenvalue weighted by Crippen LogP contribution is 2.08. The van der Waals surface area contributed by atoms with Gasteiger partial charge >= 0.3 is 0 Å². The standard InChI is InChI=1S/C13H20N4O/c1-11-15-6-5-12(16-11)9-14-10-13(18)17-7-3-2-4-8-17/h5-6,14H,2-4,7-10H2,1H3. The SMILES string of the molecule is Cc1nccc(CNCC(=O)N2CCCCC2)n1. The average Bonchev–Trinajstić information content (AvgIpc) is 2.40. The lowest BCUT2D eigenvalue weighted by atomic mass is 10.1. The second-order valence-electron chi connectivity index (χ2n) is 4.64. The number of amides is 1. The molecule has 2 rings (SSSR count). The van der Waals surface area contributed by atoms with Crippen LogP contribution in [0.3, 0.4) is 0 Å². The van der Waals surface area contributed by atoms with E-state index in [-0.39, 0.29) is 5.91 Å². The Balaban J connectivity index is 1.73. The summed E-state index contributed by atoms with van der Waals surface area (Å²) in [6.45, 7) is 4.69. The van der Waals surface area contributed by atoms with Gasteiger partial charge in [0.25, 0.3) is 0 Å². The number of nitrogens with zero attached hydrogens (tertiary/aromatic N) is 3. The molecule has 0 unspecified atom stereocenters. The van der Waals surface area contributed by atoms with Gasteiger partial charge in [0, 0.05) is 25.8 Å². The van der Waals surface area contributed by atoms with Gasteiger partial charge in [-0.05, 0) is 32.3 Å². The van der Waals surface area contributed by atoms with Crippen molar-refractivity contribution < 1.29 is 4.79 Å². The number of hydrogen-bond acceptors (Lipinski definition) is 4. The minimum absolute atomic E-state index is 0.195. The van der Waals surface area contributed by atoms with Crippen LogP contribution >= 0.6 is 0 Å². The third-order valence-electron chi connectivity index (χ3n) is 3.12. The molecule has 5 heteroatoms. The fourth-order valence-electron chi connectivity index (χ4n) is 2.16. The molecule has 1 fully saturated rings. The zero-order chi connectivity index (χ0) is 12.8. The molecule has 98 valence electrons. The molecule has 0 bridgehead atoms. The number of rotatable bonds is 4. The minimum Gasteiger partial charge on any atom is -0.342 e. The number of carbonyl (C=O) groups excluding carboxylic acids is 1. The molecule has 18 heavy (non-hydrogen) atoms. The predicted molar refractivity (Wildman–Crippen MR) is 68.9 cm³/mol. The lowest BCUT2D eigenvalue weighted by molar-refractivity contribution is -0.131. The van der Waals surface area contributed by atoms with Crippen LogP contribution in [0.2, 0.25) is 0 Å². The van der Waals surface area contributed by atoms with Crippen LogP contribution in [0.4, 0.5) is 0 Å². The molecule has 1 saturated heterocycles. The Bertz CT molecular complexity index is 402. The van der Waals surface area contributed by atoms with Crippen molar-refractivity contribution in [1.82, 2.24) is 20.2 Å². The van der Waals surface area contributed by atoms with Crippen molar-refractivity contribution in [2.75, 3.05) is 19.6 Å². The van der Waals surface area contributed by atoms with Crippen LogP contribution in [0.1, 0.15) is 30.8 Å². The van der Waals surface area contributed by atoms with Crippen LogP contribution in [-0.2, 0) is 11.3 Å². The zero-order valence-corrected chi connectivity index (χ0v) is 10.9. The summed E-state index contributed by atoms with van der Waals surface area (Å²) in [5.41, 5.74) is 0.925. The molecule has 0 atom stereocenters. The quantitative estimate of drug-likeness (QED) is 0.859. The van der Waals surface area contributed by atoms with E-state index in [0.717, 1.165) is 37.4 Å². The molecule has 1 amide bonds. The first-order valence-corrected chi connectivity index (χ1v) is 6.53. The van der Waals surface area contributed by atoms with Crippen LogP contribution in [0.15, 0.2) is 12.3 Å². The van der Waals surface area contributed by atoms with Crippen LogP contribution in [0, 0.1) is 6.92 Å². The molecule has 0 radical (unpaired) electrons. The third-order valence-corrected chi connectivity index (χ3v) is 3.12. The van der Waals surface area contributed by atoms with E-state index in [1.54, 1.807) is 6.20 Å². The Labute approximate surface area is 108 Å². The van der Waals surface area contributed by atoms with Crippen LogP contribution in [-0.4, -0.2) is 40.4 Å². The second kappa shape index (κ2) is 6.44. The van der Waals surface area contributed by atoms with E-state index in [2.05, 4.69) is 15.3 Å². The molecule has 0 aliphatic carbocycles. The van der Waals surface area contributed by atoms with E-state index in [1.807, 2.05) is 17.9 Å². The Morgan fingerprint density at radius 2 is 2.17 bits per heavy atom. The van der Waals surface area contributed by atoms with E-state index in [1.165, 1.54) is 6.42 Å². The summed E-state index contributed by atoms with van der Waals surface area (Å²) in [5.74, 6) is 0.956. The van der Waals surface area contributed by atoms with Gasteiger partial charge in [-0.1, -0.05) is 0 Å². The maximum Gasteiger partial charge on any atom is 0.236 e. The summed E-state index contributed by atoms with van der Waals surface area (Å²) in [6.07, 6.45) is 5.26. The predicted octanol–water partition coefficient (Wildman–Crippen LogP) is 0.887. The van der Waals surface area contributed by atoms with Gasteiger partial charge in [0.15, 0.2) is 0 Å². The maximum atomic E-state index is 11.9. The fraction of sp³-hybridized carbons (Fsp3) is 0.615. The Kier molecular flexibility index (Phi) is 4.64. The molecule has 1 aliphatic rings. The maximum absolute atomic E-state index is 11.9. The van der Waals surface area contributed by atoms with Gasteiger partial charge in [0.05, 0.1) is 12.2 Å². The summed E-state index contributed by atoms with van der Waals surface area (Å²) < 4.78 is 0. The number of carbonyl (C=O) groups is 1. The zero-order valence-electron chi connectivity index (χ0n) is 10.9. The number of hydrogen-bond donors (Lipinski definition) is 1. The largest absolute Gasteiger partial charge is 0.342 e. The molecule has 2 heterocycles. The Morgan fingerprint density at radius 3 is 2.89 bits per heavy atom. The van der Waals surface area contributed by atoms with Gasteiger partial charge in [-0.15, -0.1) is 0 Å². The molecular weight excluding hydrogens is 228 g/mol. The molecule has 5 nitrogen and oxygen atoms in total. The van der Waals surface area contributed by atoms with Crippen LogP contribution in [0.5, 0.6) is 0 Å². The number of aromatic nitrogens is 2. The number of piperidine rings is 1. The van der Waals surface area contributed by atoms with Crippen molar-refractivity contribution in [3.05, 3.63) is 23.8 Å². The van der Waals surface area contributed by atoms with Crippen LogP contribution < -0.4 is 5.32 Å². The lowest BCUT2D eigenvalue weighted by Crippen LogP contribution is -2.41. The molecule has 1 aromatic heterocycles. The molecule has 1 aliphatic heterocycles. The molecule has 0 spiro atoms. The topological polar surface area (TPSA) is 58.1 Å². The Hall–Kier alpha value is -1.49. The highest BCUT2D eigenvalue weighted by molar-refractivity contribution is 5.78. The first kappa shape index (κ1) is 13.0. The molecule has 0 aromatic carbocycles. The van der Waals surface area contributed by atoms with Crippen molar-refractivity contribution in [2.45, 2.75) is 32.7 Å². The van der Waals surface area contributed by atoms with Gasteiger partial charge in [-0.3, -0.25) is 4.79 Å². The van der Waals surface area contributed by atoms with Gasteiger partial charge in [-0.25, -0.2) is 9.97 Å². The first-order chi connectivity index (χ1) is 8.75. The van der Waals surface area contributed by atoms with Gasteiger partial charge in [0.1, 0.15) is 5.82 Å². The number of nitrogens with one attached hydrogen (secondary N) is 1. The fourth-order valence-corrected chi connectivity index (χ4v) is 2.16. The normalized spacial score (nSPS) is 15.7. The van der Waals surface area contributed by atoms with Gasteiger partial charge < -0.3 is 10.2 Å². The van der Waals surface area contributed by atoms with E-state index in [0.29, 0.717) is 13.1 Å². The van der Waals surface area contributed by atoms with E-state index < -0.39 is 0 Å². The average molecular weight is 248 g/mol. The molecule has 1 N–H and O–H groups in total. The van der Waals surface area contributed by atoms with Gasteiger partial charge in [0.2, 0.25) is 5.91 Å². The summed E-state index contributed by atoms with van der Waals surface area (Å²) in [6, 6.07) is 1.87. The minimum atomic E-state index is 0.195. The molecule has 1 aromatic rings. The van der Waals surface area contributed by atoms with E-state index in [4.69, 9.17) is 0 Å². The highest BCUT2D eigenvalue weighted by atomic mass is 16.2. The van der Waals surface area contributed by atoms with Crippen molar-refractivity contribution >= 4 is 5.91 Å². The highest BCUT2D eigenvalue weighted by Gasteiger charge is 2.15. The van der Waals surface area contributed by atoms with Crippen molar-refractivity contribution in [3.63, 3.8) is 0 Å². The van der Waals surface area contributed by atoms with Crippen molar-refractivity contribution in [3.8, 4) is 0 Å². The summed E-state index contributed by atoms with van der Waals surface area (Å²) in [4.78, 5) is 22.2. The van der Waals surface area contributed by atoms with Gasteiger partial charge in [-0.2, -0.15) is 0 Å². The van der Waals surface area contributed by atoms with Crippen molar-refractivity contribution in [2.24, 2.45) is 0 Å². The Morgan fingerprint density at radius 1 is 1.39 bits per heavy atom. The monoisotopic (exact) mass is 248 g/mol. The summed E-state index contributed by atoms with van der Waals surface area (Å²) in [7, 11) is 0. The molecular formula is C13H20N4O. The lowest BCUT2D eigenvalue weighted by Gasteiger charge is -2.26. The third kappa shape index (κ3) is 3.77. The smallest absolute Gasteiger partial charge is 0.236 e. The summed E-state index contributed by atoms with van der Waals surface area (Å²) in [5, 5.41) is 3.14. The van der Waals surface area contributed by atoms with E-state index >= 15 is 0 Å². The summed E-state index contributed by atoms with van der Waals surface area (Å²) >= 11 is 0.